The summed E-state index contributed by atoms with van der Waals surface area (Å²) in [6.45, 7) is 7.52. The summed E-state index contributed by atoms with van der Waals surface area (Å²) in [4.78, 5) is 2.56. The Morgan fingerprint density at radius 3 is 2.60 bits per heavy atom. The van der Waals surface area contributed by atoms with Gasteiger partial charge in [0.15, 0.2) is 0 Å². The maximum Gasteiger partial charge on any atom is 0.00350 e. The maximum atomic E-state index is 2.56. The first kappa shape index (κ1) is 11.4. The Morgan fingerprint density at radius 2 is 1.93 bits per heavy atom. The van der Waals surface area contributed by atoms with E-state index < -0.39 is 0 Å². The van der Waals surface area contributed by atoms with Gasteiger partial charge in [-0.2, -0.15) is 0 Å². The van der Waals surface area contributed by atoms with E-state index in [0.29, 0.717) is 5.41 Å². The fourth-order valence-electron chi connectivity index (χ4n) is 3.89. The van der Waals surface area contributed by atoms with Crippen LogP contribution in [0.4, 0.5) is 0 Å². The first-order valence-corrected chi connectivity index (χ1v) is 6.80. The third kappa shape index (κ3) is 2.55. The summed E-state index contributed by atoms with van der Waals surface area (Å²) in [5.74, 6) is 1.90. The smallest absolute Gasteiger partial charge is 0.00350 e. The Kier molecular flexibility index (Phi) is 3.39. The van der Waals surface area contributed by atoms with Crippen molar-refractivity contribution in [2.75, 3.05) is 20.1 Å². The van der Waals surface area contributed by atoms with Gasteiger partial charge in [-0.15, -0.1) is 0 Å². The largest absolute Gasteiger partial charge is 0.306 e. The molecule has 2 aliphatic rings. The third-order valence-corrected chi connectivity index (χ3v) is 4.77. The molecule has 0 N–H and O–H groups in total. The van der Waals surface area contributed by atoms with Gasteiger partial charge in [-0.3, -0.25) is 0 Å². The van der Waals surface area contributed by atoms with Crippen LogP contribution in [-0.4, -0.2) is 25.0 Å². The zero-order chi connectivity index (χ0) is 10.9. The highest BCUT2D eigenvalue weighted by Gasteiger charge is 2.39. The normalized spacial score (nSPS) is 38.8. The van der Waals surface area contributed by atoms with Gasteiger partial charge in [0.2, 0.25) is 0 Å². The molecule has 1 saturated carbocycles. The Morgan fingerprint density at radius 1 is 1.20 bits per heavy atom. The molecular formula is C14H27N. The molecule has 1 aliphatic heterocycles. The van der Waals surface area contributed by atoms with Gasteiger partial charge in [-0.1, -0.05) is 26.7 Å². The SMILES string of the molecule is CC(C)C1CCCC2(CCCN(C)C2)C1. The molecule has 0 aromatic carbocycles. The summed E-state index contributed by atoms with van der Waals surface area (Å²) < 4.78 is 0. The topological polar surface area (TPSA) is 3.24 Å². The molecule has 0 amide bonds. The first-order valence-electron chi connectivity index (χ1n) is 6.80. The second-order valence-corrected chi connectivity index (χ2v) is 6.44. The molecule has 2 fully saturated rings. The van der Waals surface area contributed by atoms with Crippen LogP contribution < -0.4 is 0 Å². The number of piperidine rings is 1. The molecule has 2 atom stereocenters. The minimum atomic E-state index is 0.709. The molecule has 1 spiro atoms. The van der Waals surface area contributed by atoms with Crippen LogP contribution >= 0.6 is 0 Å². The Labute approximate surface area is 95.2 Å². The van der Waals surface area contributed by atoms with E-state index in [0.717, 1.165) is 11.8 Å². The van der Waals surface area contributed by atoms with Crippen LogP contribution in [0.2, 0.25) is 0 Å². The van der Waals surface area contributed by atoms with Crippen molar-refractivity contribution in [2.45, 2.75) is 52.4 Å². The number of nitrogens with zero attached hydrogens (tertiary/aromatic N) is 1. The van der Waals surface area contributed by atoms with Crippen molar-refractivity contribution in [1.82, 2.24) is 4.90 Å². The third-order valence-electron chi connectivity index (χ3n) is 4.77. The lowest BCUT2D eigenvalue weighted by atomic mass is 9.63. The molecule has 1 saturated heterocycles. The number of hydrogen-bond acceptors (Lipinski definition) is 1. The molecule has 88 valence electrons. The van der Waals surface area contributed by atoms with E-state index in [9.17, 15) is 0 Å². The van der Waals surface area contributed by atoms with Crippen LogP contribution in [0.1, 0.15) is 52.4 Å². The summed E-state index contributed by atoms with van der Waals surface area (Å²) in [6, 6.07) is 0. The monoisotopic (exact) mass is 209 g/mol. The molecule has 0 aromatic rings. The van der Waals surface area contributed by atoms with E-state index in [1.54, 1.807) is 0 Å². The van der Waals surface area contributed by atoms with Crippen molar-refractivity contribution in [1.29, 1.82) is 0 Å². The second-order valence-electron chi connectivity index (χ2n) is 6.44. The predicted octanol–water partition coefficient (Wildman–Crippen LogP) is 3.54. The molecule has 1 heterocycles. The van der Waals surface area contributed by atoms with E-state index >= 15 is 0 Å². The molecule has 0 radical (unpaired) electrons. The number of likely N-dealkylation sites (tertiary alicyclic amines) is 1. The van der Waals surface area contributed by atoms with E-state index in [4.69, 9.17) is 0 Å². The van der Waals surface area contributed by atoms with Crippen LogP contribution in [0.25, 0.3) is 0 Å². The van der Waals surface area contributed by atoms with Crippen molar-refractivity contribution in [3.63, 3.8) is 0 Å². The molecule has 2 unspecified atom stereocenters. The predicted molar refractivity (Wildman–Crippen MR) is 66.0 cm³/mol. The van der Waals surface area contributed by atoms with Crippen molar-refractivity contribution in [3.8, 4) is 0 Å². The van der Waals surface area contributed by atoms with Crippen LogP contribution in [0.5, 0.6) is 0 Å². The van der Waals surface area contributed by atoms with Gasteiger partial charge in [0.25, 0.3) is 0 Å². The van der Waals surface area contributed by atoms with Crippen molar-refractivity contribution in [2.24, 2.45) is 17.3 Å². The Balaban J connectivity index is 2.01. The van der Waals surface area contributed by atoms with Gasteiger partial charge in [-0.05, 0) is 56.5 Å². The minimum absolute atomic E-state index is 0.709. The van der Waals surface area contributed by atoms with Crippen LogP contribution in [0.15, 0.2) is 0 Å². The van der Waals surface area contributed by atoms with E-state index in [2.05, 4.69) is 25.8 Å². The lowest BCUT2D eigenvalue weighted by Crippen LogP contribution is -2.44. The molecule has 1 nitrogen and oxygen atoms in total. The molecule has 1 heteroatoms. The lowest BCUT2D eigenvalue weighted by molar-refractivity contribution is 0.0335. The number of rotatable bonds is 1. The summed E-state index contributed by atoms with van der Waals surface area (Å²) in [5.41, 5.74) is 0.709. The second kappa shape index (κ2) is 4.45. The van der Waals surface area contributed by atoms with E-state index in [1.165, 1.54) is 51.6 Å². The van der Waals surface area contributed by atoms with Gasteiger partial charge < -0.3 is 4.90 Å². The summed E-state index contributed by atoms with van der Waals surface area (Å²) in [6.07, 6.45) is 8.91. The van der Waals surface area contributed by atoms with E-state index in [-0.39, 0.29) is 0 Å². The molecule has 0 aromatic heterocycles. The molecular weight excluding hydrogens is 182 g/mol. The van der Waals surface area contributed by atoms with Crippen LogP contribution in [-0.2, 0) is 0 Å². The van der Waals surface area contributed by atoms with Gasteiger partial charge in [0.1, 0.15) is 0 Å². The number of hydrogen-bond donors (Lipinski definition) is 0. The lowest BCUT2D eigenvalue weighted by Gasteiger charge is -2.47. The zero-order valence-electron chi connectivity index (χ0n) is 10.8. The van der Waals surface area contributed by atoms with Crippen molar-refractivity contribution in [3.05, 3.63) is 0 Å². The average molecular weight is 209 g/mol. The molecule has 0 bridgehead atoms. The fraction of sp³-hybridized carbons (Fsp3) is 1.00. The van der Waals surface area contributed by atoms with Crippen LogP contribution in [0.3, 0.4) is 0 Å². The molecule has 15 heavy (non-hydrogen) atoms. The maximum absolute atomic E-state index is 2.56. The Bertz CT molecular complexity index is 207. The molecule has 1 aliphatic carbocycles. The summed E-state index contributed by atoms with van der Waals surface area (Å²) in [5, 5.41) is 0. The first-order chi connectivity index (χ1) is 7.11. The fourth-order valence-corrected chi connectivity index (χ4v) is 3.89. The Hall–Kier alpha value is -0.0400. The standard InChI is InChI=1S/C14H27N/c1-12(2)13-6-4-7-14(10-13)8-5-9-15(3)11-14/h12-13H,4-11H2,1-3H3. The van der Waals surface area contributed by atoms with Gasteiger partial charge >= 0.3 is 0 Å². The highest BCUT2D eigenvalue weighted by molar-refractivity contribution is 4.91. The van der Waals surface area contributed by atoms with Gasteiger partial charge in [-0.25, -0.2) is 0 Å². The highest BCUT2D eigenvalue weighted by Crippen LogP contribution is 2.46. The quantitative estimate of drug-likeness (QED) is 0.638. The van der Waals surface area contributed by atoms with E-state index in [1.807, 2.05) is 0 Å². The zero-order valence-corrected chi connectivity index (χ0v) is 10.8. The van der Waals surface area contributed by atoms with Crippen LogP contribution in [0, 0.1) is 17.3 Å². The molecule has 2 rings (SSSR count). The van der Waals surface area contributed by atoms with Gasteiger partial charge in [0.05, 0.1) is 0 Å². The van der Waals surface area contributed by atoms with Crippen molar-refractivity contribution < 1.29 is 0 Å². The van der Waals surface area contributed by atoms with Gasteiger partial charge in [0, 0.05) is 6.54 Å². The summed E-state index contributed by atoms with van der Waals surface area (Å²) >= 11 is 0. The highest BCUT2D eigenvalue weighted by atomic mass is 15.1. The van der Waals surface area contributed by atoms with Crippen molar-refractivity contribution >= 4 is 0 Å². The minimum Gasteiger partial charge on any atom is -0.306 e. The average Bonchev–Trinajstić information content (AvgIpc) is 2.17. The summed E-state index contributed by atoms with van der Waals surface area (Å²) in [7, 11) is 2.31.